The van der Waals surface area contributed by atoms with Crippen LogP contribution in [0.3, 0.4) is 0 Å². The van der Waals surface area contributed by atoms with Crippen molar-refractivity contribution in [3.8, 4) is 0 Å². The van der Waals surface area contributed by atoms with E-state index in [1.54, 1.807) is 0 Å². The zero-order valence-corrected chi connectivity index (χ0v) is 22.3. The van der Waals surface area contributed by atoms with Gasteiger partial charge in [-0.05, 0) is 27.2 Å². The van der Waals surface area contributed by atoms with Crippen molar-refractivity contribution >= 4 is 23.3 Å². The lowest BCUT2D eigenvalue weighted by atomic mass is 9.62. The summed E-state index contributed by atoms with van der Waals surface area (Å²) in [6.45, 7) is 3.91. The van der Waals surface area contributed by atoms with Crippen molar-refractivity contribution in [3.63, 3.8) is 0 Å². The normalized spacial score (nSPS) is 14.3. The first-order chi connectivity index (χ1) is 16.5. The first-order valence-electron chi connectivity index (χ1n) is 13.2. The number of hydrogen-bond donors (Lipinski definition) is 3. The Morgan fingerprint density at radius 3 is 1.46 bits per heavy atom. The highest BCUT2D eigenvalue weighted by molar-refractivity contribution is 6.20. The number of ketones is 3. The van der Waals surface area contributed by atoms with Crippen LogP contribution in [0.5, 0.6) is 0 Å². The van der Waals surface area contributed by atoms with Gasteiger partial charge < -0.3 is 20.1 Å². The summed E-state index contributed by atoms with van der Waals surface area (Å²) in [6, 6.07) is 0. The van der Waals surface area contributed by atoms with Gasteiger partial charge in [-0.25, -0.2) is 4.79 Å². The van der Waals surface area contributed by atoms with Crippen LogP contribution < -0.4 is 0 Å². The number of ether oxygens (including phenoxy) is 1. The van der Waals surface area contributed by atoms with Gasteiger partial charge in [-0.2, -0.15) is 0 Å². The van der Waals surface area contributed by atoms with E-state index in [1.165, 1.54) is 51.4 Å². The van der Waals surface area contributed by atoms with E-state index in [-0.39, 0.29) is 6.42 Å². The van der Waals surface area contributed by atoms with E-state index in [0.717, 1.165) is 40.0 Å². The summed E-state index contributed by atoms with van der Waals surface area (Å²) >= 11 is 0. The van der Waals surface area contributed by atoms with E-state index >= 15 is 0 Å². The van der Waals surface area contributed by atoms with Crippen LogP contribution in [0, 0.1) is 5.41 Å². The van der Waals surface area contributed by atoms with Crippen molar-refractivity contribution in [2.75, 3.05) is 13.2 Å². The predicted octanol–water partition coefficient (Wildman–Crippen LogP) is 3.85. The fraction of sp³-hybridized carbons (Fsp3) is 0.852. The number of Topliss-reactive ketones (excluding diaryl/α,β-unsaturated/α-hetero) is 3. The molecule has 3 N–H and O–H groups in total. The van der Waals surface area contributed by atoms with Crippen molar-refractivity contribution in [1.82, 2.24) is 0 Å². The van der Waals surface area contributed by atoms with E-state index in [4.69, 9.17) is 9.84 Å². The lowest BCUT2D eigenvalue weighted by Gasteiger charge is -2.40. The number of carbonyl (C=O) groups excluding carboxylic acids is 4. The van der Waals surface area contributed by atoms with E-state index in [2.05, 4.69) is 6.92 Å². The first kappa shape index (κ1) is 33.4. The molecule has 35 heavy (non-hydrogen) atoms. The zero-order valence-electron chi connectivity index (χ0n) is 22.3. The van der Waals surface area contributed by atoms with Gasteiger partial charge in [0.25, 0.3) is 0 Å². The molecule has 0 spiro atoms. The van der Waals surface area contributed by atoms with Gasteiger partial charge in [-0.1, -0.05) is 90.4 Å². The van der Waals surface area contributed by atoms with Gasteiger partial charge in [0.1, 0.15) is 29.7 Å². The third kappa shape index (κ3) is 10.1. The summed E-state index contributed by atoms with van der Waals surface area (Å²) in [5, 5.41) is 29.5. The lowest BCUT2D eigenvalue weighted by Crippen LogP contribution is -2.65. The second kappa shape index (κ2) is 17.7. The number of aliphatic hydroxyl groups excluding tert-OH is 2. The molecule has 0 aromatic carbocycles. The molecule has 8 nitrogen and oxygen atoms in total. The molecule has 0 aliphatic carbocycles. The molecule has 0 saturated carbocycles. The molecule has 2 unspecified atom stereocenters. The average Bonchev–Trinajstić information content (AvgIpc) is 2.81. The summed E-state index contributed by atoms with van der Waals surface area (Å²) in [4.78, 5) is 50.5. The summed E-state index contributed by atoms with van der Waals surface area (Å²) < 4.78 is 4.82. The highest BCUT2D eigenvalue weighted by atomic mass is 16.6. The molecule has 0 fully saturated rings. The molecule has 0 bridgehead atoms. The Kier molecular flexibility index (Phi) is 16.9. The van der Waals surface area contributed by atoms with E-state index in [1.807, 2.05) is 0 Å². The van der Waals surface area contributed by atoms with Gasteiger partial charge in [0.05, 0.1) is 6.61 Å². The second-order valence-corrected chi connectivity index (χ2v) is 9.71. The number of hydrogen-bond acceptors (Lipinski definition) is 8. The van der Waals surface area contributed by atoms with Gasteiger partial charge in [-0.3, -0.25) is 14.4 Å². The largest absolute Gasteiger partial charge is 0.460 e. The van der Waals surface area contributed by atoms with Crippen LogP contribution in [0.25, 0.3) is 0 Å². The Hall–Kier alpha value is -1.64. The fourth-order valence-electron chi connectivity index (χ4n) is 4.65. The Balaban J connectivity index is 4.91. The molecule has 0 radical (unpaired) electrons. The monoisotopic (exact) mass is 500 g/mol. The molecular formula is C27H48O8. The Morgan fingerprint density at radius 2 is 1.11 bits per heavy atom. The highest BCUT2D eigenvalue weighted by Crippen LogP contribution is 2.41. The van der Waals surface area contributed by atoms with Gasteiger partial charge in [0, 0.05) is 0 Å². The Bertz CT molecular complexity index is 646. The van der Waals surface area contributed by atoms with Gasteiger partial charge in [0.2, 0.25) is 5.60 Å². The molecule has 0 aromatic rings. The predicted molar refractivity (Wildman–Crippen MR) is 134 cm³/mol. The maximum atomic E-state index is 12.7. The van der Waals surface area contributed by atoms with E-state index in [9.17, 15) is 29.4 Å². The summed E-state index contributed by atoms with van der Waals surface area (Å²) in [6.07, 6.45) is 12.6. The van der Waals surface area contributed by atoms with Gasteiger partial charge >= 0.3 is 5.97 Å². The second-order valence-electron chi connectivity index (χ2n) is 9.71. The number of rotatable bonds is 22. The van der Waals surface area contributed by atoms with Crippen LogP contribution in [-0.2, 0) is 23.9 Å². The van der Waals surface area contributed by atoms with E-state index in [0.29, 0.717) is 12.8 Å². The minimum Gasteiger partial charge on any atom is -0.460 e. The molecule has 0 aliphatic heterocycles. The summed E-state index contributed by atoms with van der Waals surface area (Å²) in [7, 11) is 0. The minimum absolute atomic E-state index is 0.164. The quantitative estimate of drug-likeness (QED) is 0.116. The molecule has 2 atom stereocenters. The number of aliphatic hydroxyl groups is 3. The van der Waals surface area contributed by atoms with Crippen molar-refractivity contribution in [2.24, 2.45) is 5.41 Å². The molecule has 0 heterocycles. The molecule has 0 amide bonds. The van der Waals surface area contributed by atoms with E-state index < -0.39 is 53.7 Å². The van der Waals surface area contributed by atoms with Gasteiger partial charge in [-0.15, -0.1) is 0 Å². The topological polar surface area (TPSA) is 138 Å². The minimum atomic E-state index is -3.00. The van der Waals surface area contributed by atoms with Crippen LogP contribution in [0.15, 0.2) is 0 Å². The standard InChI is InChI=1S/C27H48O8/c1-5-6-7-8-9-10-11-12-13-14-15-16-17-18-26(21(2)29,22(3)30)27(34,23(4)31)25(33)35-20-24(32)19-28/h24,28,32,34H,5-20H2,1-4H3. The van der Waals surface area contributed by atoms with Crippen LogP contribution in [0.1, 0.15) is 118 Å². The Morgan fingerprint density at radius 1 is 0.714 bits per heavy atom. The number of esters is 1. The molecule has 8 heteroatoms. The average molecular weight is 501 g/mol. The molecule has 0 saturated heterocycles. The van der Waals surface area contributed by atoms with Crippen molar-refractivity contribution in [2.45, 2.75) is 129 Å². The van der Waals surface area contributed by atoms with Crippen LogP contribution in [0.2, 0.25) is 0 Å². The number of unbranched alkanes of at least 4 members (excludes halogenated alkanes) is 12. The maximum absolute atomic E-state index is 12.7. The zero-order chi connectivity index (χ0) is 26.9. The van der Waals surface area contributed by atoms with Crippen LogP contribution in [-0.4, -0.2) is 63.6 Å². The molecule has 204 valence electrons. The van der Waals surface area contributed by atoms with Gasteiger partial charge in [0.15, 0.2) is 5.78 Å². The van der Waals surface area contributed by atoms with Crippen LogP contribution >= 0.6 is 0 Å². The SMILES string of the molecule is CCCCCCCCCCCCCCCC(C(C)=O)(C(C)=O)C(O)(C(C)=O)C(=O)OCC(O)CO. The van der Waals surface area contributed by atoms with Crippen molar-refractivity contribution in [1.29, 1.82) is 0 Å². The van der Waals surface area contributed by atoms with Crippen molar-refractivity contribution in [3.05, 3.63) is 0 Å². The highest BCUT2D eigenvalue weighted by Gasteiger charge is 2.65. The lowest BCUT2D eigenvalue weighted by molar-refractivity contribution is -0.193. The summed E-state index contributed by atoms with van der Waals surface area (Å²) in [5.74, 6) is -4.14. The molecular weight excluding hydrogens is 452 g/mol. The smallest absolute Gasteiger partial charge is 0.347 e. The molecule has 0 aromatic heterocycles. The Labute approximate surface area is 210 Å². The van der Waals surface area contributed by atoms with Crippen molar-refractivity contribution < 1.29 is 39.2 Å². The molecule has 0 rings (SSSR count). The summed E-state index contributed by atoms with van der Waals surface area (Å²) in [5.41, 5.74) is -5.27. The third-order valence-corrected chi connectivity index (χ3v) is 6.90. The molecule has 0 aliphatic rings. The maximum Gasteiger partial charge on any atom is 0.347 e. The third-order valence-electron chi connectivity index (χ3n) is 6.90. The number of carbonyl (C=O) groups is 4. The first-order valence-corrected chi connectivity index (χ1v) is 13.2. The van der Waals surface area contributed by atoms with Crippen LogP contribution in [0.4, 0.5) is 0 Å². The fourth-order valence-corrected chi connectivity index (χ4v) is 4.65.